The van der Waals surface area contributed by atoms with Crippen molar-refractivity contribution >= 4 is 23.9 Å². The molecule has 8 N–H and O–H groups in total. The zero-order chi connectivity index (χ0) is 37.5. The summed E-state index contributed by atoms with van der Waals surface area (Å²) in [6.45, 7) is -0.0728. The number of ether oxygens (including phenoxy) is 4. The number of likely N-dealkylation sites (N-methyl/N-ethyl adjacent to an activating group) is 1. The van der Waals surface area contributed by atoms with Crippen molar-refractivity contribution in [2.45, 2.75) is 36.5 Å². The molecule has 0 amide bonds. The molecule has 1 radical (unpaired) electrons. The molecule has 1 fully saturated rings. The van der Waals surface area contributed by atoms with E-state index in [0.29, 0.717) is 13.1 Å². The first-order valence-corrected chi connectivity index (χ1v) is 15.6. The second-order valence-electron chi connectivity index (χ2n) is 11.2. The van der Waals surface area contributed by atoms with Crippen molar-refractivity contribution in [3.05, 3.63) is 0 Å². The van der Waals surface area contributed by atoms with Crippen molar-refractivity contribution in [1.29, 1.82) is 0 Å². The van der Waals surface area contributed by atoms with E-state index in [-0.39, 0.29) is 112 Å². The monoisotopic (exact) mass is 873 g/mol. The van der Waals surface area contributed by atoms with E-state index in [0.717, 1.165) is 0 Å². The third-order valence-electron chi connectivity index (χ3n) is 7.82. The summed E-state index contributed by atoms with van der Waals surface area (Å²) in [4.78, 5) is 55.3. The summed E-state index contributed by atoms with van der Waals surface area (Å²) in [6, 6.07) is -1.12. The average Bonchev–Trinajstić information content (AvgIpc) is 3.10. The second-order valence-corrected chi connectivity index (χ2v) is 11.2. The Bertz CT molecular complexity index is 901. The van der Waals surface area contributed by atoms with Gasteiger partial charge in [-0.25, -0.2) is 0 Å². The number of esters is 4. The molecular weight excluding hydrogens is 816 g/mol. The van der Waals surface area contributed by atoms with Gasteiger partial charge in [-0.1, -0.05) is 0 Å². The number of carbonyl (C=O) groups is 4. The van der Waals surface area contributed by atoms with Crippen LogP contribution in [0, 0.1) is 39.9 Å². The van der Waals surface area contributed by atoms with Gasteiger partial charge in [-0.05, 0) is 7.05 Å². The number of carbonyl (C=O) groups excluding carboxylic acids is 4. The number of rotatable bonds is 16. The molecule has 1 rings (SSSR count). The summed E-state index contributed by atoms with van der Waals surface area (Å²) in [5.74, 6) is -1.98. The first-order valence-electron chi connectivity index (χ1n) is 15.6. The zero-order valence-electron chi connectivity index (χ0n) is 29.4. The third-order valence-corrected chi connectivity index (χ3v) is 7.82. The predicted octanol–water partition coefficient (Wildman–Crippen LogP) is -6.74. The van der Waals surface area contributed by atoms with E-state index in [9.17, 15) is 34.5 Å². The van der Waals surface area contributed by atoms with Gasteiger partial charge in [-0.2, -0.15) is 0 Å². The largest absolute Gasteiger partial charge is 3.00 e. The van der Waals surface area contributed by atoms with E-state index >= 15 is 0 Å². The van der Waals surface area contributed by atoms with Crippen LogP contribution in [0.15, 0.2) is 0 Å². The number of methoxy groups -OCH3 is 4. The number of aliphatic hydroxyl groups excluding tert-OH is 7. The molecule has 293 valence electrons. The number of nitrogens with zero attached hydrogens (tertiary/aromatic N) is 4. The van der Waals surface area contributed by atoms with E-state index in [2.05, 4.69) is 5.32 Å². The van der Waals surface area contributed by atoms with Crippen molar-refractivity contribution in [2.24, 2.45) is 0 Å². The molecule has 6 atom stereocenters. The molecule has 1 saturated heterocycles. The van der Waals surface area contributed by atoms with Crippen molar-refractivity contribution < 1.29 is 114 Å². The van der Waals surface area contributed by atoms with Crippen LogP contribution >= 0.6 is 0 Å². The van der Waals surface area contributed by atoms with Crippen LogP contribution in [0.5, 0.6) is 0 Å². The summed E-state index contributed by atoms with van der Waals surface area (Å²) in [5.41, 5.74) is 0. The van der Waals surface area contributed by atoms with Gasteiger partial charge in [0.15, 0.2) is 0 Å². The topological polar surface area (TPSA) is 272 Å². The molecule has 0 bridgehead atoms. The van der Waals surface area contributed by atoms with Crippen LogP contribution in [0.25, 0.3) is 0 Å². The number of hydrogen-bond donors (Lipinski definition) is 8. The van der Waals surface area contributed by atoms with Crippen LogP contribution < -0.4 is 5.32 Å². The third kappa shape index (κ3) is 20.1. The van der Waals surface area contributed by atoms with Crippen LogP contribution in [-0.4, -0.2) is 243 Å². The number of hydrogen-bond acceptors (Lipinski definition) is 20. The minimum absolute atomic E-state index is 0. The molecule has 0 spiro atoms. The minimum Gasteiger partial charge on any atom is -0.468 e. The number of nitrogens with one attached hydrogen (secondary N) is 1. The molecular formula is C29H57GdN5O15+3. The Balaban J connectivity index is 0. The maximum Gasteiger partial charge on any atom is 3.00 e. The standard InChI is InChI=1S/C22H40N4O10.C7H17NO5.Gd/c1-33-19(29)11-23-5-6-24(12-20(30)34-2)10-18(16-28)26(14-22(32)36-4)8-7-25(13-21(31)35-3)17(9-23)15-27;1-8-2-4(10)6(12)7(13)5(11)3-9;/h17-18,27-28H,5-16H2,1-4H3;4-13H,2-3H2,1H3;/q;;+3/t;4-,5+,6+,7+;/m.0./s1. The van der Waals surface area contributed by atoms with Crippen LogP contribution in [0.1, 0.15) is 0 Å². The van der Waals surface area contributed by atoms with Gasteiger partial charge >= 0.3 is 63.8 Å². The van der Waals surface area contributed by atoms with Gasteiger partial charge in [-0.3, -0.25) is 38.8 Å². The van der Waals surface area contributed by atoms with Gasteiger partial charge in [0.1, 0.15) is 18.3 Å². The minimum atomic E-state index is -1.55. The summed E-state index contributed by atoms with van der Waals surface area (Å²) in [5, 5.41) is 67.8. The Morgan fingerprint density at radius 2 is 0.960 bits per heavy atom. The van der Waals surface area contributed by atoms with Crippen LogP contribution in [0.4, 0.5) is 0 Å². The summed E-state index contributed by atoms with van der Waals surface area (Å²) < 4.78 is 19.2. The fraction of sp³-hybridized carbons (Fsp3) is 0.862. The summed E-state index contributed by atoms with van der Waals surface area (Å²) in [6.07, 6.45) is -5.65. The Hall–Kier alpha value is -1.28. The average molecular weight is 873 g/mol. The molecule has 0 aromatic carbocycles. The van der Waals surface area contributed by atoms with Gasteiger partial charge in [0, 0.05) is 57.9 Å². The molecule has 20 nitrogen and oxygen atoms in total. The number of aliphatic hydroxyl groups is 7. The molecule has 1 heterocycles. The van der Waals surface area contributed by atoms with Gasteiger partial charge in [-0.15, -0.1) is 0 Å². The van der Waals surface area contributed by atoms with Crippen molar-refractivity contribution in [3.8, 4) is 0 Å². The normalized spacial score (nSPS) is 21.0. The SMILES string of the molecule is CNC[C@H](O)[C@@H](O)[C@H](O)[C@H](O)CO.COC(=O)CN1CCN(CC(=O)OC)CC(CO)N(CC(=O)OC)CCN(CC(=O)OC)C(CO)C1.[Gd+3]. The van der Waals surface area contributed by atoms with E-state index in [1.165, 1.54) is 28.4 Å². The molecule has 21 heteroatoms. The van der Waals surface area contributed by atoms with Crippen molar-refractivity contribution in [1.82, 2.24) is 24.9 Å². The van der Waals surface area contributed by atoms with E-state index < -0.39 is 67.0 Å². The first-order chi connectivity index (χ1) is 23.2. The van der Waals surface area contributed by atoms with Gasteiger partial charge in [0.25, 0.3) is 0 Å². The molecule has 0 aromatic rings. The molecule has 0 aliphatic carbocycles. The van der Waals surface area contributed by atoms with Gasteiger partial charge < -0.3 is 60.0 Å². The molecule has 0 saturated carbocycles. The van der Waals surface area contributed by atoms with E-state index in [1.54, 1.807) is 26.6 Å². The Labute approximate surface area is 324 Å². The molecule has 2 unspecified atom stereocenters. The predicted molar refractivity (Wildman–Crippen MR) is 171 cm³/mol. The van der Waals surface area contributed by atoms with Gasteiger partial charge in [0.05, 0.1) is 80.5 Å². The van der Waals surface area contributed by atoms with E-state index in [1.807, 2.05) is 0 Å². The molecule has 50 heavy (non-hydrogen) atoms. The fourth-order valence-corrected chi connectivity index (χ4v) is 4.81. The quantitative estimate of drug-likeness (QED) is 0.0529. The maximum absolute atomic E-state index is 12.1. The smallest absolute Gasteiger partial charge is 0.468 e. The molecule has 1 aliphatic heterocycles. The zero-order valence-corrected chi connectivity index (χ0v) is 31.7. The van der Waals surface area contributed by atoms with Crippen LogP contribution in [0.3, 0.4) is 0 Å². The maximum atomic E-state index is 12.1. The molecule has 0 aromatic heterocycles. The first kappa shape index (κ1) is 50.8. The summed E-state index contributed by atoms with van der Waals surface area (Å²) >= 11 is 0. The van der Waals surface area contributed by atoms with Crippen LogP contribution in [-0.2, 0) is 38.1 Å². The molecule has 1 aliphatic rings. The Morgan fingerprint density at radius 3 is 1.26 bits per heavy atom. The van der Waals surface area contributed by atoms with Crippen molar-refractivity contribution in [2.75, 3.05) is 127 Å². The second kappa shape index (κ2) is 29.2. The Morgan fingerprint density at radius 1 is 0.620 bits per heavy atom. The van der Waals surface area contributed by atoms with Crippen LogP contribution in [0.2, 0.25) is 0 Å². The van der Waals surface area contributed by atoms with Gasteiger partial charge in [0.2, 0.25) is 0 Å². The fourth-order valence-electron chi connectivity index (χ4n) is 4.81. The van der Waals surface area contributed by atoms with E-state index in [4.69, 9.17) is 39.4 Å². The van der Waals surface area contributed by atoms with Crippen molar-refractivity contribution in [3.63, 3.8) is 0 Å². The Kier molecular flexibility index (Phi) is 29.7. The summed E-state index contributed by atoms with van der Waals surface area (Å²) in [7, 11) is 6.65.